The average Bonchev–Trinajstić information content (AvgIpc) is 2.85. The van der Waals surface area contributed by atoms with Crippen molar-refractivity contribution in [3.8, 4) is 5.75 Å². The molecule has 4 heterocycles. The lowest BCUT2D eigenvalue weighted by Crippen LogP contribution is -2.39. The average molecular weight is 559 g/mol. The van der Waals surface area contributed by atoms with E-state index in [-0.39, 0.29) is 18.6 Å². The maximum Gasteiger partial charge on any atom is 0.423 e. The monoisotopic (exact) mass is 559 g/mol. The maximum atomic E-state index is 13.3. The van der Waals surface area contributed by atoms with Gasteiger partial charge in [-0.15, -0.1) is 0 Å². The largest absolute Gasteiger partial charge is 0.489 e. The molecule has 3 aromatic heterocycles. The molecule has 1 aliphatic rings. The Bertz CT molecular complexity index is 1400. The second-order valence-electron chi connectivity index (χ2n) is 8.96. The summed E-state index contributed by atoms with van der Waals surface area (Å²) in [6.45, 7) is 2.37. The number of hydrogen-bond donors (Lipinski definition) is 2. The quantitative estimate of drug-likeness (QED) is 0.424. The minimum atomic E-state index is -4.91. The van der Waals surface area contributed by atoms with E-state index in [0.717, 1.165) is 18.6 Å². The summed E-state index contributed by atoms with van der Waals surface area (Å²) in [7, 11) is 0. The zero-order chi connectivity index (χ0) is 28.4. The van der Waals surface area contributed by atoms with E-state index in [1.807, 2.05) is 0 Å². The molecule has 4 rings (SSSR count). The molecule has 0 bridgehead atoms. The van der Waals surface area contributed by atoms with E-state index in [1.54, 1.807) is 16.9 Å². The molecule has 1 saturated heterocycles. The fraction of sp³-hybridized carbons (Fsp3) is 0.435. The molecular weight excluding hydrogens is 536 g/mol. The van der Waals surface area contributed by atoms with Crippen LogP contribution < -0.4 is 26.1 Å². The third-order valence-electron chi connectivity index (χ3n) is 5.96. The van der Waals surface area contributed by atoms with Crippen LogP contribution >= 0.6 is 0 Å². The van der Waals surface area contributed by atoms with Crippen molar-refractivity contribution >= 4 is 11.6 Å². The number of H-pyrrole nitrogens is 1. The Balaban J connectivity index is 1.36. The van der Waals surface area contributed by atoms with Crippen molar-refractivity contribution < 1.29 is 31.1 Å². The second kappa shape index (κ2) is 10.9. The van der Waals surface area contributed by atoms with Crippen LogP contribution in [0.15, 0.2) is 46.5 Å². The summed E-state index contributed by atoms with van der Waals surface area (Å²) in [5, 5.41) is 7.75. The second-order valence-corrected chi connectivity index (χ2v) is 8.96. The van der Waals surface area contributed by atoms with Crippen LogP contribution in [-0.4, -0.2) is 50.0 Å². The van der Waals surface area contributed by atoms with Gasteiger partial charge in [-0.1, -0.05) is 0 Å². The van der Waals surface area contributed by atoms with E-state index in [4.69, 9.17) is 4.74 Å². The highest BCUT2D eigenvalue weighted by Gasteiger charge is 2.37. The summed E-state index contributed by atoms with van der Waals surface area (Å²) < 4.78 is 85.3. The molecule has 16 heteroatoms. The maximum absolute atomic E-state index is 13.3. The van der Waals surface area contributed by atoms with Crippen molar-refractivity contribution in [1.29, 1.82) is 0 Å². The number of pyridine rings is 1. The van der Waals surface area contributed by atoms with Crippen LogP contribution in [0.25, 0.3) is 0 Å². The van der Waals surface area contributed by atoms with E-state index in [1.165, 1.54) is 22.9 Å². The Hall–Kier alpha value is -4.11. The van der Waals surface area contributed by atoms with Crippen molar-refractivity contribution in [2.45, 2.75) is 50.8 Å². The molecule has 0 unspecified atom stereocenters. The van der Waals surface area contributed by atoms with Crippen molar-refractivity contribution in [2.75, 3.05) is 23.3 Å². The number of alkyl halides is 6. The summed E-state index contributed by atoms with van der Waals surface area (Å²) >= 11 is 0. The smallest absolute Gasteiger partial charge is 0.423 e. The van der Waals surface area contributed by atoms with Crippen LogP contribution in [-0.2, 0) is 18.9 Å². The molecule has 39 heavy (non-hydrogen) atoms. The molecule has 0 saturated carbocycles. The molecule has 1 aliphatic heterocycles. The van der Waals surface area contributed by atoms with Crippen LogP contribution in [0.3, 0.4) is 0 Å². The Morgan fingerprint density at radius 3 is 2.33 bits per heavy atom. The van der Waals surface area contributed by atoms with Crippen molar-refractivity contribution in [3.63, 3.8) is 0 Å². The molecule has 1 fully saturated rings. The van der Waals surface area contributed by atoms with Crippen LogP contribution in [0.1, 0.15) is 30.9 Å². The van der Waals surface area contributed by atoms with Gasteiger partial charge >= 0.3 is 12.4 Å². The first-order chi connectivity index (χ1) is 18.3. The third-order valence-corrected chi connectivity index (χ3v) is 5.96. The first kappa shape index (κ1) is 27.9. The van der Waals surface area contributed by atoms with Gasteiger partial charge in [0.15, 0.2) is 0 Å². The molecule has 0 aromatic carbocycles. The van der Waals surface area contributed by atoms with Crippen LogP contribution in [0.5, 0.6) is 5.75 Å². The molecular formula is C23H23F6N7O3. The van der Waals surface area contributed by atoms with Crippen molar-refractivity contribution in [2.24, 2.45) is 0 Å². The SMILES string of the molecule is C[C@@H](Cn1cc(OC2CCN(c3ncc(C(F)(F)F)cn3)CC2)ccc1=O)Nc1cn[nH]c(=O)c1C(F)(F)F. The summed E-state index contributed by atoms with van der Waals surface area (Å²) in [6, 6.07) is 2.04. The number of nitrogens with one attached hydrogen (secondary N) is 2. The van der Waals surface area contributed by atoms with Gasteiger partial charge in [-0.3, -0.25) is 9.59 Å². The predicted molar refractivity (Wildman–Crippen MR) is 127 cm³/mol. The van der Waals surface area contributed by atoms with Crippen LogP contribution in [0.4, 0.5) is 38.0 Å². The van der Waals surface area contributed by atoms with Gasteiger partial charge in [0.25, 0.3) is 11.1 Å². The molecule has 0 amide bonds. The third kappa shape index (κ3) is 6.86. The fourth-order valence-corrected chi connectivity index (χ4v) is 4.11. The van der Waals surface area contributed by atoms with Gasteiger partial charge < -0.3 is 19.5 Å². The number of nitrogens with zero attached hydrogens (tertiary/aromatic N) is 5. The molecule has 210 valence electrons. The van der Waals surface area contributed by atoms with Gasteiger partial charge in [0, 0.05) is 63.2 Å². The number of halogens is 6. The van der Waals surface area contributed by atoms with Gasteiger partial charge in [0.05, 0.1) is 17.4 Å². The Morgan fingerprint density at radius 1 is 1.05 bits per heavy atom. The Labute approximate surface area is 216 Å². The fourth-order valence-electron chi connectivity index (χ4n) is 4.11. The van der Waals surface area contributed by atoms with Crippen LogP contribution in [0, 0.1) is 0 Å². The number of piperidine rings is 1. The molecule has 10 nitrogen and oxygen atoms in total. The minimum absolute atomic E-state index is 0.0379. The number of anilines is 2. The summed E-state index contributed by atoms with van der Waals surface area (Å²) in [4.78, 5) is 33.4. The molecule has 0 aliphatic carbocycles. The normalized spacial score (nSPS) is 15.7. The first-order valence-electron chi connectivity index (χ1n) is 11.7. The Kier molecular flexibility index (Phi) is 7.83. The highest BCUT2D eigenvalue weighted by molar-refractivity contribution is 5.50. The zero-order valence-electron chi connectivity index (χ0n) is 20.4. The van der Waals surface area contributed by atoms with Gasteiger partial charge in [-0.25, -0.2) is 15.1 Å². The zero-order valence-corrected chi connectivity index (χ0v) is 20.4. The lowest BCUT2D eigenvalue weighted by Gasteiger charge is -2.32. The van der Waals surface area contributed by atoms with Crippen LogP contribution in [0.2, 0.25) is 0 Å². The Morgan fingerprint density at radius 2 is 1.72 bits per heavy atom. The van der Waals surface area contributed by atoms with Crippen molar-refractivity contribution in [1.82, 2.24) is 24.7 Å². The lowest BCUT2D eigenvalue weighted by atomic mass is 10.1. The number of hydrogen-bond acceptors (Lipinski definition) is 8. The standard InChI is InChI=1S/C23H23F6N7O3/c1-13(33-17-10-32-34-20(38)19(17)23(27,28)29)11-36-12-16(2-3-18(36)37)39-15-4-6-35(7-5-15)21-30-8-14(9-31-21)22(24,25)26/h2-3,8-10,12-13,15H,4-7,11H2,1H3,(H2,33,34,38)/t13-/m0/s1. The van der Waals surface area contributed by atoms with E-state index in [2.05, 4.69) is 20.4 Å². The molecule has 1 atom stereocenters. The van der Waals surface area contributed by atoms with Gasteiger partial charge in [-0.05, 0) is 13.0 Å². The van der Waals surface area contributed by atoms with Gasteiger partial charge in [0.2, 0.25) is 5.95 Å². The number of aromatic amines is 1. The van der Waals surface area contributed by atoms with E-state index >= 15 is 0 Å². The first-order valence-corrected chi connectivity index (χ1v) is 11.7. The van der Waals surface area contributed by atoms with E-state index in [0.29, 0.717) is 31.7 Å². The highest BCUT2D eigenvalue weighted by atomic mass is 19.4. The predicted octanol–water partition coefficient (Wildman–Crippen LogP) is 3.31. The number of rotatable bonds is 7. The highest BCUT2D eigenvalue weighted by Crippen LogP contribution is 2.32. The van der Waals surface area contributed by atoms with E-state index < -0.39 is 46.3 Å². The number of ether oxygens (including phenoxy) is 1. The summed E-state index contributed by atoms with van der Waals surface area (Å²) in [5.74, 6) is 0.542. The molecule has 3 aromatic rings. The van der Waals surface area contributed by atoms with Gasteiger partial charge in [-0.2, -0.15) is 31.4 Å². The summed E-state index contributed by atoms with van der Waals surface area (Å²) in [5.41, 5.74) is -4.66. The van der Waals surface area contributed by atoms with Crippen molar-refractivity contribution in [3.05, 3.63) is 68.8 Å². The molecule has 0 spiro atoms. The summed E-state index contributed by atoms with van der Waals surface area (Å²) in [6.07, 6.45) is -4.90. The lowest BCUT2D eigenvalue weighted by molar-refractivity contribution is -0.139. The van der Waals surface area contributed by atoms with Gasteiger partial charge in [0.1, 0.15) is 17.4 Å². The van der Waals surface area contributed by atoms with E-state index in [9.17, 15) is 35.9 Å². The minimum Gasteiger partial charge on any atom is -0.489 e. The topological polar surface area (TPSA) is 118 Å². The number of aromatic nitrogens is 5. The molecule has 2 N–H and O–H groups in total. The molecule has 0 radical (unpaired) electrons.